The minimum Gasteiger partial charge on any atom is -0.357 e. The molecule has 0 atom stereocenters. The topological polar surface area (TPSA) is 65.0 Å². The van der Waals surface area contributed by atoms with Gasteiger partial charge in [0.25, 0.3) is 0 Å². The van der Waals surface area contributed by atoms with E-state index in [0.29, 0.717) is 13.1 Å². The average Bonchev–Trinajstić information content (AvgIpc) is 2.71. The van der Waals surface area contributed by atoms with Crippen molar-refractivity contribution in [3.8, 4) is 0 Å². The minimum absolute atomic E-state index is 0.141. The molecule has 0 spiro atoms. The first-order valence-electron chi connectivity index (χ1n) is 10.2. The lowest BCUT2D eigenvalue weighted by atomic mass is 10.0. The molecule has 1 aliphatic rings. The summed E-state index contributed by atoms with van der Waals surface area (Å²) in [5.74, 6) is 1.07. The first-order valence-corrected chi connectivity index (χ1v) is 11.8. The zero-order valence-corrected chi connectivity index (χ0v) is 18.2. The van der Waals surface area contributed by atoms with Crippen LogP contribution in [0.3, 0.4) is 0 Å². The fourth-order valence-corrected chi connectivity index (χ4v) is 4.05. The van der Waals surface area contributed by atoms with Crippen LogP contribution in [0.1, 0.15) is 38.7 Å². The van der Waals surface area contributed by atoms with E-state index in [0.717, 1.165) is 44.9 Å². The Balaban J connectivity index is 1.86. The predicted octanol–water partition coefficient (Wildman–Crippen LogP) is 2.80. The van der Waals surface area contributed by atoms with E-state index in [1.54, 1.807) is 14.0 Å². The van der Waals surface area contributed by atoms with E-state index in [4.69, 9.17) is 4.99 Å². The second-order valence-corrected chi connectivity index (χ2v) is 9.38. The molecule has 6 nitrogen and oxygen atoms in total. The molecule has 1 heterocycles. The Morgan fingerprint density at radius 2 is 1.89 bits per heavy atom. The number of sulfonamides is 1. The summed E-state index contributed by atoms with van der Waals surface area (Å²) in [5, 5.41) is 3.37. The van der Waals surface area contributed by atoms with Gasteiger partial charge in [-0.15, -0.1) is 0 Å². The minimum atomic E-state index is -3.11. The van der Waals surface area contributed by atoms with Crippen molar-refractivity contribution in [2.75, 3.05) is 45.5 Å². The van der Waals surface area contributed by atoms with E-state index in [-0.39, 0.29) is 5.75 Å². The van der Waals surface area contributed by atoms with E-state index in [2.05, 4.69) is 47.5 Å². The van der Waals surface area contributed by atoms with E-state index >= 15 is 0 Å². The second kappa shape index (κ2) is 11.2. The summed E-state index contributed by atoms with van der Waals surface area (Å²) in [6, 6.07) is 10.5. The maximum absolute atomic E-state index is 11.8. The lowest BCUT2D eigenvalue weighted by Crippen LogP contribution is -2.44. The van der Waals surface area contributed by atoms with Gasteiger partial charge in [0.1, 0.15) is 0 Å². The van der Waals surface area contributed by atoms with Crippen molar-refractivity contribution < 1.29 is 8.42 Å². The van der Waals surface area contributed by atoms with Gasteiger partial charge in [0.05, 0.1) is 5.75 Å². The molecule has 0 amide bonds. The molecule has 0 aromatic heterocycles. The first-order chi connectivity index (χ1) is 13.5. The Bertz CT molecular complexity index is 750. The maximum Gasteiger partial charge on any atom is 0.213 e. The molecule has 0 bridgehead atoms. The number of hydrogen-bond acceptors (Lipinski definition) is 3. The first kappa shape index (κ1) is 22.4. The van der Waals surface area contributed by atoms with Crippen LogP contribution >= 0.6 is 0 Å². The maximum atomic E-state index is 11.8. The van der Waals surface area contributed by atoms with E-state index in [1.165, 1.54) is 15.4 Å². The van der Waals surface area contributed by atoms with Crippen LogP contribution in [-0.2, 0) is 10.0 Å². The summed E-state index contributed by atoms with van der Waals surface area (Å²) in [4.78, 5) is 7.02. The summed E-state index contributed by atoms with van der Waals surface area (Å²) >= 11 is 0. The fourth-order valence-electron chi connectivity index (χ4n) is 3.20. The molecule has 156 valence electrons. The zero-order valence-electron chi connectivity index (χ0n) is 17.4. The Kier molecular flexibility index (Phi) is 8.99. The van der Waals surface area contributed by atoms with Crippen molar-refractivity contribution in [3.05, 3.63) is 41.5 Å². The van der Waals surface area contributed by atoms with Gasteiger partial charge >= 0.3 is 0 Å². The standard InChI is InChI=1S/C21H34N4O2S/c1-4-22-21(23-14-9-15-24(3)28(26,27)5-2)25-16-12-20(13-17-25)18-19-10-7-6-8-11-19/h6-8,10-11,18H,4-5,9,12-17H2,1-3H3,(H,22,23). The molecule has 1 saturated heterocycles. The van der Waals surface area contributed by atoms with Crippen LogP contribution in [0.5, 0.6) is 0 Å². The number of piperidine rings is 1. The number of nitrogens with zero attached hydrogens (tertiary/aromatic N) is 3. The van der Waals surface area contributed by atoms with Crippen LogP contribution in [-0.4, -0.2) is 69.1 Å². The van der Waals surface area contributed by atoms with E-state index < -0.39 is 10.0 Å². The molecule has 1 aromatic carbocycles. The Morgan fingerprint density at radius 1 is 1.21 bits per heavy atom. The van der Waals surface area contributed by atoms with Gasteiger partial charge < -0.3 is 10.2 Å². The van der Waals surface area contributed by atoms with Gasteiger partial charge in [0.15, 0.2) is 5.96 Å². The SMILES string of the molecule is CCNC(=NCCCN(C)S(=O)(=O)CC)N1CCC(=Cc2ccccc2)CC1. The highest BCUT2D eigenvalue weighted by atomic mass is 32.2. The molecule has 28 heavy (non-hydrogen) atoms. The molecular formula is C21H34N4O2S. The van der Waals surface area contributed by atoms with Gasteiger partial charge in [-0.25, -0.2) is 12.7 Å². The number of guanidine groups is 1. The summed E-state index contributed by atoms with van der Waals surface area (Å²) in [6.45, 7) is 7.60. The van der Waals surface area contributed by atoms with Gasteiger partial charge in [-0.2, -0.15) is 0 Å². The number of likely N-dealkylation sites (tertiary alicyclic amines) is 1. The highest BCUT2D eigenvalue weighted by Crippen LogP contribution is 2.19. The normalized spacial score (nSPS) is 15.8. The summed E-state index contributed by atoms with van der Waals surface area (Å²) in [6.07, 6.45) is 5.09. The van der Waals surface area contributed by atoms with Gasteiger partial charge in [-0.05, 0) is 38.7 Å². The van der Waals surface area contributed by atoms with Crippen LogP contribution < -0.4 is 5.32 Å². The third kappa shape index (κ3) is 6.95. The quantitative estimate of drug-likeness (QED) is 0.410. The molecule has 0 saturated carbocycles. The summed E-state index contributed by atoms with van der Waals surface area (Å²) < 4.78 is 25.0. The highest BCUT2D eigenvalue weighted by molar-refractivity contribution is 7.89. The fraction of sp³-hybridized carbons (Fsp3) is 0.571. The molecule has 0 radical (unpaired) electrons. The van der Waals surface area contributed by atoms with Crippen molar-refractivity contribution in [1.29, 1.82) is 0 Å². The molecule has 1 aliphatic heterocycles. The third-order valence-corrected chi connectivity index (χ3v) is 6.80. The smallest absolute Gasteiger partial charge is 0.213 e. The molecule has 0 unspecified atom stereocenters. The summed E-state index contributed by atoms with van der Waals surface area (Å²) in [5.41, 5.74) is 2.74. The molecular weight excluding hydrogens is 372 g/mol. The number of hydrogen-bond donors (Lipinski definition) is 1. The molecule has 0 aliphatic carbocycles. The largest absolute Gasteiger partial charge is 0.357 e. The van der Waals surface area contributed by atoms with Gasteiger partial charge in [0, 0.05) is 39.8 Å². The van der Waals surface area contributed by atoms with E-state index in [9.17, 15) is 8.42 Å². The second-order valence-electron chi connectivity index (χ2n) is 7.01. The predicted molar refractivity (Wildman–Crippen MR) is 118 cm³/mol. The zero-order chi connectivity index (χ0) is 20.4. The van der Waals surface area contributed by atoms with E-state index in [1.807, 2.05) is 6.07 Å². The molecule has 1 aromatic rings. The van der Waals surface area contributed by atoms with Gasteiger partial charge in [0.2, 0.25) is 10.0 Å². The number of benzene rings is 1. The molecule has 1 fully saturated rings. The number of aliphatic imine (C=N–C) groups is 1. The third-order valence-electron chi connectivity index (χ3n) is 4.94. The Labute approximate surface area is 170 Å². The van der Waals surface area contributed by atoms with Gasteiger partial charge in [-0.3, -0.25) is 4.99 Å². The highest BCUT2D eigenvalue weighted by Gasteiger charge is 2.17. The Morgan fingerprint density at radius 3 is 2.50 bits per heavy atom. The van der Waals surface area contributed by atoms with Crippen LogP contribution in [0.25, 0.3) is 6.08 Å². The number of rotatable bonds is 8. The Hall–Kier alpha value is -1.86. The number of nitrogens with one attached hydrogen (secondary N) is 1. The van der Waals surface area contributed by atoms with Crippen molar-refractivity contribution >= 4 is 22.1 Å². The van der Waals surface area contributed by atoms with Crippen molar-refractivity contribution in [3.63, 3.8) is 0 Å². The summed E-state index contributed by atoms with van der Waals surface area (Å²) in [7, 11) is -1.47. The van der Waals surface area contributed by atoms with Crippen LogP contribution in [0.4, 0.5) is 0 Å². The van der Waals surface area contributed by atoms with Gasteiger partial charge in [-0.1, -0.05) is 42.0 Å². The van der Waals surface area contributed by atoms with Crippen molar-refractivity contribution in [2.45, 2.75) is 33.1 Å². The lowest BCUT2D eigenvalue weighted by molar-refractivity contribution is 0.375. The molecule has 2 rings (SSSR count). The molecule has 7 heteroatoms. The van der Waals surface area contributed by atoms with Crippen molar-refractivity contribution in [2.24, 2.45) is 4.99 Å². The lowest BCUT2D eigenvalue weighted by Gasteiger charge is -2.31. The monoisotopic (exact) mass is 406 g/mol. The average molecular weight is 407 g/mol. The molecule has 1 N–H and O–H groups in total. The van der Waals surface area contributed by atoms with Crippen molar-refractivity contribution in [1.82, 2.24) is 14.5 Å². The van der Waals surface area contributed by atoms with Crippen LogP contribution in [0.2, 0.25) is 0 Å². The van der Waals surface area contributed by atoms with Crippen LogP contribution in [0.15, 0.2) is 40.9 Å². The van der Waals surface area contributed by atoms with Crippen LogP contribution in [0, 0.1) is 0 Å².